The van der Waals surface area contributed by atoms with Gasteiger partial charge in [0.15, 0.2) is 0 Å². The molecule has 0 fully saturated rings. The second-order valence-electron chi connectivity index (χ2n) is 4.58. The fraction of sp³-hybridized carbons (Fsp3) is 0.333. The van der Waals surface area contributed by atoms with E-state index in [4.69, 9.17) is 5.11 Å². The summed E-state index contributed by atoms with van der Waals surface area (Å²) in [6.07, 6.45) is -4.55. The molecule has 0 heterocycles. The number of nitrogens with one attached hydrogen (secondary N) is 1. The normalized spacial score (nSPS) is 12.1. The maximum absolute atomic E-state index is 12.6. The smallest absolute Gasteiger partial charge is 0.416 e. The molecule has 0 bridgehead atoms. The van der Waals surface area contributed by atoms with Crippen molar-refractivity contribution in [1.82, 2.24) is 0 Å². The van der Waals surface area contributed by atoms with E-state index in [1.54, 1.807) is 0 Å². The number of halogens is 4. The lowest BCUT2D eigenvalue weighted by Gasteiger charge is -2.19. The first kappa shape index (κ1) is 16.5. The van der Waals surface area contributed by atoms with E-state index in [0.717, 1.165) is 32.0 Å². The molecule has 110 valence electrons. The standard InChI is InChI=1S/C12H11BrF3NO3/c1-11(2,10(19)20)9(18)17-8-5-6(12(14,15)16)3-4-7(8)13/h3-5H,1-2H3,(H,17,18)(H,19,20). The molecule has 20 heavy (non-hydrogen) atoms. The topological polar surface area (TPSA) is 66.4 Å². The van der Waals surface area contributed by atoms with E-state index in [0.29, 0.717) is 0 Å². The zero-order chi connectivity index (χ0) is 15.7. The number of anilines is 1. The van der Waals surface area contributed by atoms with Crippen molar-refractivity contribution in [2.24, 2.45) is 5.41 Å². The van der Waals surface area contributed by atoms with Gasteiger partial charge in [0.05, 0.1) is 11.3 Å². The molecule has 2 N–H and O–H groups in total. The Kier molecular flexibility index (Phi) is 4.48. The molecule has 0 aliphatic heterocycles. The van der Waals surface area contributed by atoms with Gasteiger partial charge in [-0.05, 0) is 48.0 Å². The van der Waals surface area contributed by atoms with Crippen LogP contribution < -0.4 is 5.32 Å². The molecule has 0 radical (unpaired) electrons. The van der Waals surface area contributed by atoms with Gasteiger partial charge in [-0.3, -0.25) is 9.59 Å². The first-order chi connectivity index (χ1) is 8.96. The van der Waals surface area contributed by atoms with Gasteiger partial charge in [-0.15, -0.1) is 0 Å². The average molecular weight is 354 g/mol. The third-order valence-corrected chi connectivity index (χ3v) is 3.34. The number of amides is 1. The highest BCUT2D eigenvalue weighted by Gasteiger charge is 2.37. The van der Waals surface area contributed by atoms with Crippen LogP contribution in [-0.2, 0) is 15.8 Å². The highest BCUT2D eigenvalue weighted by Crippen LogP contribution is 2.34. The Balaban J connectivity index is 3.10. The van der Waals surface area contributed by atoms with Gasteiger partial charge >= 0.3 is 12.1 Å². The molecule has 8 heteroatoms. The fourth-order valence-electron chi connectivity index (χ4n) is 1.17. The van der Waals surface area contributed by atoms with Crippen LogP contribution in [0.1, 0.15) is 19.4 Å². The molecular formula is C12H11BrF3NO3. The molecule has 1 amide bonds. The number of carboxylic acids is 1. The van der Waals surface area contributed by atoms with Crippen molar-refractivity contribution in [3.63, 3.8) is 0 Å². The third kappa shape index (κ3) is 3.50. The number of alkyl halides is 3. The minimum Gasteiger partial charge on any atom is -0.480 e. The van der Waals surface area contributed by atoms with Crippen molar-refractivity contribution in [1.29, 1.82) is 0 Å². The monoisotopic (exact) mass is 353 g/mol. The first-order valence-corrected chi connectivity index (χ1v) is 6.17. The number of carbonyl (C=O) groups is 2. The molecule has 0 aliphatic rings. The lowest BCUT2D eigenvalue weighted by atomic mass is 9.92. The van der Waals surface area contributed by atoms with Gasteiger partial charge in [0.1, 0.15) is 5.41 Å². The van der Waals surface area contributed by atoms with Crippen molar-refractivity contribution in [3.05, 3.63) is 28.2 Å². The van der Waals surface area contributed by atoms with Crippen LogP contribution in [0.2, 0.25) is 0 Å². The van der Waals surface area contributed by atoms with Crippen LogP contribution in [0.4, 0.5) is 18.9 Å². The summed E-state index contributed by atoms with van der Waals surface area (Å²) >= 11 is 3.00. The Hall–Kier alpha value is -1.57. The average Bonchev–Trinajstić information content (AvgIpc) is 2.30. The van der Waals surface area contributed by atoms with Gasteiger partial charge in [-0.25, -0.2) is 0 Å². The van der Waals surface area contributed by atoms with Crippen molar-refractivity contribution in [2.45, 2.75) is 20.0 Å². The van der Waals surface area contributed by atoms with Crippen molar-refractivity contribution in [2.75, 3.05) is 5.32 Å². The molecule has 1 aromatic rings. The summed E-state index contributed by atoms with van der Waals surface area (Å²) in [5, 5.41) is 11.1. The Morgan fingerprint density at radius 1 is 1.25 bits per heavy atom. The van der Waals surface area contributed by atoms with Crippen LogP contribution in [0.5, 0.6) is 0 Å². The molecule has 0 saturated carbocycles. The van der Waals surface area contributed by atoms with E-state index in [1.807, 2.05) is 0 Å². The number of carboxylic acid groups (broad SMARTS) is 1. The van der Waals surface area contributed by atoms with Crippen LogP contribution in [0.25, 0.3) is 0 Å². The highest BCUT2D eigenvalue weighted by atomic mass is 79.9. The molecule has 0 saturated heterocycles. The zero-order valence-electron chi connectivity index (χ0n) is 10.5. The van der Waals surface area contributed by atoms with Gasteiger partial charge < -0.3 is 10.4 Å². The Morgan fingerprint density at radius 2 is 1.80 bits per heavy atom. The Bertz CT molecular complexity index is 555. The van der Waals surface area contributed by atoms with E-state index < -0.39 is 29.0 Å². The molecular weight excluding hydrogens is 343 g/mol. The van der Waals surface area contributed by atoms with Crippen LogP contribution in [0.3, 0.4) is 0 Å². The minimum absolute atomic E-state index is 0.140. The number of hydrogen-bond donors (Lipinski definition) is 2. The van der Waals surface area contributed by atoms with Gasteiger partial charge in [-0.1, -0.05) is 0 Å². The Labute approximate surface area is 121 Å². The summed E-state index contributed by atoms with van der Waals surface area (Å²) in [5.74, 6) is -2.29. The van der Waals surface area contributed by atoms with Crippen molar-refractivity contribution in [3.8, 4) is 0 Å². The number of carbonyl (C=O) groups excluding carboxylic acids is 1. The van der Waals surface area contributed by atoms with Crippen molar-refractivity contribution >= 4 is 33.5 Å². The summed E-state index contributed by atoms with van der Waals surface area (Å²) in [4.78, 5) is 22.7. The predicted molar refractivity (Wildman–Crippen MR) is 69.2 cm³/mol. The first-order valence-electron chi connectivity index (χ1n) is 5.38. The maximum Gasteiger partial charge on any atom is 0.416 e. The largest absolute Gasteiger partial charge is 0.480 e. The molecule has 1 aromatic carbocycles. The Morgan fingerprint density at radius 3 is 2.25 bits per heavy atom. The fourth-order valence-corrected chi connectivity index (χ4v) is 1.52. The zero-order valence-corrected chi connectivity index (χ0v) is 12.1. The van der Waals surface area contributed by atoms with Gasteiger partial charge in [0, 0.05) is 4.47 Å². The summed E-state index contributed by atoms with van der Waals surface area (Å²) in [7, 11) is 0. The van der Waals surface area contributed by atoms with E-state index in [2.05, 4.69) is 21.2 Å². The summed E-state index contributed by atoms with van der Waals surface area (Å²) in [6.45, 7) is 2.32. The van der Waals surface area contributed by atoms with Crippen LogP contribution in [0.15, 0.2) is 22.7 Å². The van der Waals surface area contributed by atoms with E-state index in [1.165, 1.54) is 0 Å². The quantitative estimate of drug-likeness (QED) is 0.817. The van der Waals surface area contributed by atoms with E-state index in [-0.39, 0.29) is 10.2 Å². The number of aliphatic carboxylic acids is 1. The SMILES string of the molecule is CC(C)(C(=O)O)C(=O)Nc1cc(C(F)(F)F)ccc1Br. The van der Waals surface area contributed by atoms with Gasteiger partial charge in [0.25, 0.3) is 0 Å². The summed E-state index contributed by atoms with van der Waals surface area (Å²) < 4.78 is 38.0. The van der Waals surface area contributed by atoms with E-state index >= 15 is 0 Å². The lowest BCUT2D eigenvalue weighted by molar-refractivity contribution is -0.151. The summed E-state index contributed by atoms with van der Waals surface area (Å²) in [6, 6.07) is 2.72. The van der Waals surface area contributed by atoms with Crippen molar-refractivity contribution < 1.29 is 27.9 Å². The van der Waals surface area contributed by atoms with Gasteiger partial charge in [-0.2, -0.15) is 13.2 Å². The minimum atomic E-state index is -4.55. The second kappa shape index (κ2) is 5.43. The molecule has 4 nitrogen and oxygen atoms in total. The number of hydrogen-bond acceptors (Lipinski definition) is 2. The molecule has 0 unspecified atom stereocenters. The molecule has 1 rings (SSSR count). The number of benzene rings is 1. The summed E-state index contributed by atoms with van der Waals surface area (Å²) in [5.41, 5.74) is -2.84. The van der Waals surface area contributed by atoms with E-state index in [9.17, 15) is 22.8 Å². The molecule has 0 aromatic heterocycles. The van der Waals surface area contributed by atoms with Crippen LogP contribution in [0, 0.1) is 5.41 Å². The highest BCUT2D eigenvalue weighted by molar-refractivity contribution is 9.10. The maximum atomic E-state index is 12.6. The molecule has 0 atom stereocenters. The lowest BCUT2D eigenvalue weighted by Crippen LogP contribution is -2.37. The predicted octanol–water partition coefficient (Wildman–Crippen LogP) is 3.52. The second-order valence-corrected chi connectivity index (χ2v) is 5.43. The molecule has 0 spiro atoms. The van der Waals surface area contributed by atoms with Crippen LogP contribution in [-0.4, -0.2) is 17.0 Å². The molecule has 0 aliphatic carbocycles. The van der Waals surface area contributed by atoms with Crippen LogP contribution >= 0.6 is 15.9 Å². The van der Waals surface area contributed by atoms with Gasteiger partial charge in [0.2, 0.25) is 5.91 Å². The third-order valence-electron chi connectivity index (χ3n) is 2.64. The number of rotatable bonds is 3.